The summed E-state index contributed by atoms with van der Waals surface area (Å²) in [6, 6.07) is 13.4. The highest BCUT2D eigenvalue weighted by atomic mass is 19.4. The Kier molecular flexibility index (Phi) is 5.80. The minimum absolute atomic E-state index is 0.0429. The van der Waals surface area contributed by atoms with Gasteiger partial charge in [-0.2, -0.15) is 13.2 Å². The number of aryl methyl sites for hydroxylation is 2. The Morgan fingerprint density at radius 2 is 1.56 bits per heavy atom. The number of halogens is 3. The predicted octanol–water partition coefficient (Wildman–Crippen LogP) is 4.07. The third kappa shape index (κ3) is 5.95. The number of rotatable bonds is 5. The summed E-state index contributed by atoms with van der Waals surface area (Å²) in [5, 5.41) is 4.35. The second-order valence-electron chi connectivity index (χ2n) is 5.57. The zero-order valence-corrected chi connectivity index (χ0v) is 13.5. The number of amides is 2. The Labute approximate surface area is 143 Å². The van der Waals surface area contributed by atoms with Crippen molar-refractivity contribution in [3.05, 3.63) is 59.7 Å². The molecule has 0 radical (unpaired) electrons. The quantitative estimate of drug-likeness (QED) is 0.854. The molecule has 0 heterocycles. The lowest BCUT2D eigenvalue weighted by Gasteiger charge is -2.10. The molecule has 0 aromatic heterocycles. The molecular formula is C18H17F3N2O2. The van der Waals surface area contributed by atoms with E-state index < -0.39 is 12.1 Å². The molecule has 2 rings (SSSR count). The first-order valence-electron chi connectivity index (χ1n) is 7.58. The van der Waals surface area contributed by atoms with Gasteiger partial charge in [-0.1, -0.05) is 35.9 Å². The van der Waals surface area contributed by atoms with E-state index in [1.165, 1.54) is 24.3 Å². The van der Waals surface area contributed by atoms with Crippen molar-refractivity contribution in [3.63, 3.8) is 0 Å². The van der Waals surface area contributed by atoms with Crippen molar-refractivity contribution >= 4 is 23.2 Å². The van der Waals surface area contributed by atoms with E-state index in [4.69, 9.17) is 0 Å². The number of carbonyl (C=O) groups excluding carboxylic acids is 2. The van der Waals surface area contributed by atoms with Gasteiger partial charge in [0.15, 0.2) is 0 Å². The number of anilines is 2. The average Bonchev–Trinajstić information content (AvgIpc) is 2.54. The molecular weight excluding hydrogens is 333 g/mol. The Morgan fingerprint density at radius 1 is 0.960 bits per heavy atom. The molecule has 0 saturated heterocycles. The van der Waals surface area contributed by atoms with Crippen molar-refractivity contribution < 1.29 is 22.8 Å². The van der Waals surface area contributed by atoms with Crippen molar-refractivity contribution in [2.45, 2.75) is 25.9 Å². The van der Waals surface area contributed by atoms with Gasteiger partial charge < -0.3 is 10.6 Å². The molecule has 2 aromatic rings. The first-order valence-corrected chi connectivity index (χ1v) is 7.58. The van der Waals surface area contributed by atoms with Crippen LogP contribution in [-0.2, 0) is 16.0 Å². The molecule has 2 aromatic carbocycles. The molecule has 0 spiro atoms. The van der Waals surface area contributed by atoms with Gasteiger partial charge in [-0.3, -0.25) is 9.59 Å². The van der Waals surface area contributed by atoms with Crippen molar-refractivity contribution in [1.29, 1.82) is 0 Å². The van der Waals surface area contributed by atoms with Crippen LogP contribution in [0.25, 0.3) is 0 Å². The summed E-state index contributed by atoms with van der Waals surface area (Å²) in [6.07, 6.45) is -4.17. The highest BCUT2D eigenvalue weighted by Crippen LogP contribution is 2.20. The molecule has 2 N–H and O–H groups in total. The van der Waals surface area contributed by atoms with E-state index in [-0.39, 0.29) is 18.0 Å². The number of alkyl halides is 3. The predicted molar refractivity (Wildman–Crippen MR) is 89.3 cm³/mol. The summed E-state index contributed by atoms with van der Waals surface area (Å²) in [5.74, 6) is -2.32. The number of nitrogens with one attached hydrogen (secondary N) is 2. The van der Waals surface area contributed by atoms with Crippen LogP contribution in [0, 0.1) is 6.92 Å². The molecule has 0 atom stereocenters. The van der Waals surface area contributed by atoms with Gasteiger partial charge in [-0.25, -0.2) is 0 Å². The summed E-state index contributed by atoms with van der Waals surface area (Å²) in [4.78, 5) is 22.9. The molecule has 0 aliphatic carbocycles. The fourth-order valence-corrected chi connectivity index (χ4v) is 2.11. The van der Waals surface area contributed by atoms with Gasteiger partial charge in [0.05, 0.1) is 0 Å². The molecule has 0 unspecified atom stereocenters. The van der Waals surface area contributed by atoms with Gasteiger partial charge in [0, 0.05) is 17.8 Å². The fraction of sp³-hybridized carbons (Fsp3) is 0.222. The summed E-state index contributed by atoms with van der Waals surface area (Å²) in [6.45, 7) is 1.97. The van der Waals surface area contributed by atoms with Gasteiger partial charge in [0.2, 0.25) is 5.91 Å². The number of hydrogen-bond donors (Lipinski definition) is 2. The number of hydrogen-bond acceptors (Lipinski definition) is 2. The van der Waals surface area contributed by atoms with Crippen LogP contribution in [0.15, 0.2) is 48.5 Å². The molecule has 0 fully saturated rings. The highest BCUT2D eigenvalue weighted by molar-refractivity contribution is 5.96. The van der Waals surface area contributed by atoms with Crippen LogP contribution in [0.4, 0.5) is 24.5 Å². The lowest BCUT2D eigenvalue weighted by atomic mass is 10.1. The second kappa shape index (κ2) is 7.83. The Bertz CT molecular complexity index is 756. The Morgan fingerprint density at radius 3 is 2.16 bits per heavy atom. The van der Waals surface area contributed by atoms with E-state index >= 15 is 0 Å². The van der Waals surface area contributed by atoms with E-state index in [1.807, 2.05) is 31.2 Å². The largest absolute Gasteiger partial charge is 0.471 e. The number of carbonyl (C=O) groups is 2. The van der Waals surface area contributed by atoms with Gasteiger partial charge >= 0.3 is 12.1 Å². The Balaban J connectivity index is 1.91. The van der Waals surface area contributed by atoms with E-state index in [1.54, 1.807) is 5.32 Å². The van der Waals surface area contributed by atoms with Crippen LogP contribution in [-0.4, -0.2) is 18.0 Å². The standard InChI is InChI=1S/C18H17F3N2O2/c1-12-5-7-13(8-6-12)9-10-16(24)22-14-3-2-4-15(11-14)23-17(25)18(19,20)21/h2-8,11H,9-10H2,1H3,(H,22,24)(H,23,25). The molecule has 0 bridgehead atoms. The van der Waals surface area contributed by atoms with Crippen LogP contribution < -0.4 is 10.6 Å². The summed E-state index contributed by atoms with van der Waals surface area (Å²) >= 11 is 0. The van der Waals surface area contributed by atoms with Crippen LogP contribution in [0.5, 0.6) is 0 Å². The zero-order valence-electron chi connectivity index (χ0n) is 13.5. The molecule has 4 nitrogen and oxygen atoms in total. The first-order chi connectivity index (χ1) is 11.7. The van der Waals surface area contributed by atoms with Crippen molar-refractivity contribution in [2.24, 2.45) is 0 Å². The fourth-order valence-electron chi connectivity index (χ4n) is 2.11. The summed E-state index contributed by atoms with van der Waals surface area (Å²) in [5.41, 5.74) is 2.42. The van der Waals surface area contributed by atoms with E-state index in [0.29, 0.717) is 12.1 Å². The first kappa shape index (κ1) is 18.5. The van der Waals surface area contributed by atoms with E-state index in [0.717, 1.165) is 11.1 Å². The van der Waals surface area contributed by atoms with Gasteiger partial charge in [0.1, 0.15) is 0 Å². The molecule has 2 amide bonds. The van der Waals surface area contributed by atoms with Gasteiger partial charge in [0.25, 0.3) is 0 Å². The maximum Gasteiger partial charge on any atom is 0.471 e. The molecule has 132 valence electrons. The van der Waals surface area contributed by atoms with Crippen LogP contribution in [0.1, 0.15) is 17.5 Å². The minimum atomic E-state index is -4.96. The highest BCUT2D eigenvalue weighted by Gasteiger charge is 2.38. The van der Waals surface area contributed by atoms with Crippen LogP contribution in [0.2, 0.25) is 0 Å². The number of benzene rings is 2. The van der Waals surface area contributed by atoms with E-state index in [2.05, 4.69) is 5.32 Å². The third-order valence-electron chi connectivity index (χ3n) is 3.42. The van der Waals surface area contributed by atoms with Crippen molar-refractivity contribution in [1.82, 2.24) is 0 Å². The zero-order chi connectivity index (χ0) is 18.4. The minimum Gasteiger partial charge on any atom is -0.326 e. The van der Waals surface area contributed by atoms with Gasteiger partial charge in [-0.05, 0) is 37.1 Å². The van der Waals surface area contributed by atoms with Crippen LogP contribution >= 0.6 is 0 Å². The normalized spacial score (nSPS) is 11.0. The molecule has 0 aliphatic rings. The summed E-state index contributed by atoms with van der Waals surface area (Å²) < 4.78 is 36.8. The lowest BCUT2D eigenvalue weighted by molar-refractivity contribution is -0.167. The third-order valence-corrected chi connectivity index (χ3v) is 3.42. The molecule has 0 saturated carbocycles. The lowest BCUT2D eigenvalue weighted by Crippen LogP contribution is -2.29. The maximum absolute atomic E-state index is 12.3. The van der Waals surface area contributed by atoms with Gasteiger partial charge in [-0.15, -0.1) is 0 Å². The molecule has 25 heavy (non-hydrogen) atoms. The van der Waals surface area contributed by atoms with Crippen LogP contribution in [0.3, 0.4) is 0 Å². The maximum atomic E-state index is 12.3. The van der Waals surface area contributed by atoms with Crippen molar-refractivity contribution in [2.75, 3.05) is 10.6 Å². The SMILES string of the molecule is Cc1ccc(CCC(=O)Nc2cccc(NC(=O)C(F)(F)F)c2)cc1. The summed E-state index contributed by atoms with van der Waals surface area (Å²) in [7, 11) is 0. The average molecular weight is 350 g/mol. The topological polar surface area (TPSA) is 58.2 Å². The van der Waals surface area contributed by atoms with E-state index in [9.17, 15) is 22.8 Å². The van der Waals surface area contributed by atoms with Crippen molar-refractivity contribution in [3.8, 4) is 0 Å². The molecule has 0 aliphatic heterocycles. The monoisotopic (exact) mass is 350 g/mol. The Hall–Kier alpha value is -2.83. The second-order valence-corrected chi connectivity index (χ2v) is 5.57. The smallest absolute Gasteiger partial charge is 0.326 e. The molecule has 7 heteroatoms.